The summed E-state index contributed by atoms with van der Waals surface area (Å²) in [5.74, 6) is -1.69. The van der Waals surface area contributed by atoms with Crippen LogP contribution >= 0.6 is 0 Å². The van der Waals surface area contributed by atoms with Gasteiger partial charge >= 0.3 is 0 Å². The van der Waals surface area contributed by atoms with Crippen LogP contribution in [0.2, 0.25) is 0 Å². The third-order valence-electron chi connectivity index (χ3n) is 12.2. The Morgan fingerprint density at radius 2 is 1.96 bits per heavy atom. The number of ketones is 2. The van der Waals surface area contributed by atoms with Gasteiger partial charge in [-0.2, -0.15) is 0 Å². The standard InChI is InChI=1S/C35H41FN2O7/c1-32-11-10-23(41)14-21(32)6-8-24-25-15-30-35(29(43)18-40,33(25,2)16-28(42)34(24,32)36)45-31(44-30)27-9-7-22(38(27)3)12-19-4-5-20(17-39)26(37)13-19/h4-5,7,9-11,13-14,24-25,28,30-31,39-40,42H,6,8,12,15-18,37H2,1-3H3/t24-,25-,28-,30+,31+,32-,33-,34-,35+/m0/s1. The summed E-state index contributed by atoms with van der Waals surface area (Å²) in [5, 5.41) is 31.4. The highest BCUT2D eigenvalue weighted by Crippen LogP contribution is 2.72. The highest BCUT2D eigenvalue weighted by molar-refractivity contribution is 6.01. The van der Waals surface area contributed by atoms with Crippen molar-refractivity contribution in [2.24, 2.45) is 29.7 Å². The van der Waals surface area contributed by atoms with E-state index in [1.54, 1.807) is 19.1 Å². The molecule has 4 fully saturated rings. The van der Waals surface area contributed by atoms with Crippen molar-refractivity contribution in [1.82, 2.24) is 4.57 Å². The number of nitrogens with two attached hydrogens (primary N) is 1. The third kappa shape index (κ3) is 3.89. The van der Waals surface area contributed by atoms with Gasteiger partial charge in [0.05, 0.1) is 24.5 Å². The number of hydrogen-bond donors (Lipinski definition) is 4. The number of Topliss-reactive ketones (excluding diaryl/α,β-unsaturated/α-hetero) is 1. The molecule has 45 heavy (non-hydrogen) atoms. The number of nitrogens with zero attached hydrogens (tertiary/aromatic N) is 1. The molecular weight excluding hydrogens is 579 g/mol. The number of nitrogen functional groups attached to an aromatic ring is 1. The van der Waals surface area contributed by atoms with Crippen LogP contribution in [0.3, 0.4) is 0 Å². The number of rotatable bonds is 6. The van der Waals surface area contributed by atoms with Crippen LogP contribution in [0.15, 0.2) is 54.1 Å². The summed E-state index contributed by atoms with van der Waals surface area (Å²) in [7, 11) is 1.89. The van der Waals surface area contributed by atoms with Gasteiger partial charge < -0.3 is 35.1 Å². The van der Waals surface area contributed by atoms with Gasteiger partial charge in [0.15, 0.2) is 22.8 Å². The van der Waals surface area contributed by atoms with Crippen LogP contribution in [-0.2, 0) is 39.1 Å². The van der Waals surface area contributed by atoms with Crippen LogP contribution in [0.1, 0.15) is 68.3 Å². The van der Waals surface area contributed by atoms with Crippen molar-refractivity contribution in [1.29, 1.82) is 0 Å². The molecule has 1 saturated heterocycles. The average Bonchev–Trinajstić information content (AvgIpc) is 3.63. The van der Waals surface area contributed by atoms with Gasteiger partial charge in [-0.1, -0.05) is 30.7 Å². The van der Waals surface area contributed by atoms with Crippen LogP contribution in [0.25, 0.3) is 0 Å². The molecule has 2 aromatic rings. The fourth-order valence-electron chi connectivity index (χ4n) is 9.80. The van der Waals surface area contributed by atoms with Crippen LogP contribution in [-0.4, -0.2) is 61.5 Å². The SMILES string of the molecule is Cn1c(Cc2ccc(CO)c(N)c2)ccc1[C@@H]1O[C@@H]2C[C@H]3[C@@H]4CCC5=CC(=O)C=C[C@]5(C)[C@@]4(F)[C@@H](O)C[C@]3(C)[C@]2(C(=O)CO)O1. The van der Waals surface area contributed by atoms with Gasteiger partial charge in [0, 0.05) is 47.2 Å². The Morgan fingerprint density at radius 1 is 1.18 bits per heavy atom. The van der Waals surface area contributed by atoms with E-state index in [1.807, 2.05) is 42.8 Å². The second kappa shape index (κ2) is 10.2. The molecule has 9 atom stereocenters. The number of aliphatic hydroxyl groups excluding tert-OH is 3. The van der Waals surface area contributed by atoms with Gasteiger partial charge in [-0.05, 0) is 74.4 Å². The number of carbonyl (C=O) groups is 2. The molecular formula is C35H41FN2O7. The normalized spacial score (nSPS) is 40.0. The van der Waals surface area contributed by atoms with Gasteiger partial charge in [0.25, 0.3) is 0 Å². The maximum absolute atomic E-state index is 17.6. The summed E-state index contributed by atoms with van der Waals surface area (Å²) in [4.78, 5) is 26.0. The van der Waals surface area contributed by atoms with E-state index in [0.717, 1.165) is 11.3 Å². The predicted molar refractivity (Wildman–Crippen MR) is 162 cm³/mol. The zero-order valence-corrected chi connectivity index (χ0v) is 25.8. The van der Waals surface area contributed by atoms with E-state index < -0.39 is 58.9 Å². The van der Waals surface area contributed by atoms with Gasteiger partial charge in [0.2, 0.25) is 6.29 Å². The van der Waals surface area contributed by atoms with E-state index in [2.05, 4.69) is 0 Å². The summed E-state index contributed by atoms with van der Waals surface area (Å²) in [6, 6.07) is 9.40. The number of halogens is 1. The van der Waals surface area contributed by atoms with Gasteiger partial charge in [-0.25, -0.2) is 4.39 Å². The Balaban J connectivity index is 1.21. The van der Waals surface area contributed by atoms with Crippen LogP contribution in [0.5, 0.6) is 0 Å². The number of aliphatic hydroxyl groups is 3. The molecule has 1 aromatic heterocycles. The highest BCUT2D eigenvalue weighted by Gasteiger charge is 2.79. The molecule has 10 heteroatoms. The summed E-state index contributed by atoms with van der Waals surface area (Å²) in [5.41, 5.74) is 4.78. The second-order valence-electron chi connectivity index (χ2n) is 14.1. The molecule has 1 aromatic carbocycles. The number of aromatic nitrogens is 1. The maximum Gasteiger partial charge on any atom is 0.200 e. The molecule has 4 aliphatic carbocycles. The largest absolute Gasteiger partial charge is 0.398 e. The molecule has 3 saturated carbocycles. The van der Waals surface area contributed by atoms with Crippen molar-refractivity contribution >= 4 is 17.3 Å². The minimum absolute atomic E-state index is 0.0582. The number of alkyl halides is 1. The third-order valence-corrected chi connectivity index (χ3v) is 12.2. The molecule has 5 aliphatic rings. The number of anilines is 1. The zero-order chi connectivity index (χ0) is 32.1. The van der Waals surface area contributed by atoms with E-state index in [0.29, 0.717) is 48.2 Å². The van der Waals surface area contributed by atoms with E-state index in [1.165, 1.54) is 12.2 Å². The molecule has 0 bridgehead atoms. The molecule has 240 valence electrons. The number of carbonyl (C=O) groups excluding carboxylic acids is 2. The minimum atomic E-state index is -2.05. The first-order valence-corrected chi connectivity index (χ1v) is 15.7. The summed E-state index contributed by atoms with van der Waals surface area (Å²) < 4.78 is 32.8. The minimum Gasteiger partial charge on any atom is -0.398 e. The number of fused-ring (bicyclic) bond motifs is 7. The van der Waals surface area contributed by atoms with Crippen molar-refractivity contribution < 1.29 is 38.8 Å². The lowest BCUT2D eigenvalue weighted by Gasteiger charge is -2.62. The Kier molecular flexibility index (Phi) is 6.90. The van der Waals surface area contributed by atoms with Crippen molar-refractivity contribution in [2.45, 2.75) is 82.3 Å². The van der Waals surface area contributed by atoms with Crippen LogP contribution in [0, 0.1) is 22.7 Å². The molecule has 0 unspecified atom stereocenters. The average molecular weight is 621 g/mol. The van der Waals surface area contributed by atoms with Gasteiger partial charge in [-0.3, -0.25) is 9.59 Å². The van der Waals surface area contributed by atoms with Crippen molar-refractivity contribution in [3.63, 3.8) is 0 Å². The predicted octanol–water partition coefficient (Wildman–Crippen LogP) is 3.39. The number of hydrogen-bond acceptors (Lipinski definition) is 8. The molecule has 0 radical (unpaired) electrons. The number of allylic oxidation sites excluding steroid dienone is 4. The zero-order valence-electron chi connectivity index (χ0n) is 25.8. The molecule has 2 heterocycles. The van der Waals surface area contributed by atoms with Crippen molar-refractivity contribution in [3.05, 3.63) is 76.6 Å². The molecule has 0 amide bonds. The first kappa shape index (κ1) is 30.5. The van der Waals surface area contributed by atoms with E-state index >= 15 is 4.39 Å². The summed E-state index contributed by atoms with van der Waals surface area (Å²) in [6.45, 7) is 2.74. The first-order chi connectivity index (χ1) is 21.3. The molecule has 0 spiro atoms. The lowest BCUT2D eigenvalue weighted by atomic mass is 9.44. The quantitative estimate of drug-likeness (QED) is 0.360. The van der Waals surface area contributed by atoms with Crippen LogP contribution in [0.4, 0.5) is 10.1 Å². The van der Waals surface area contributed by atoms with E-state index in [-0.39, 0.29) is 24.7 Å². The monoisotopic (exact) mass is 620 g/mol. The Morgan fingerprint density at radius 3 is 2.67 bits per heavy atom. The Bertz CT molecular complexity index is 1650. The molecule has 9 nitrogen and oxygen atoms in total. The lowest BCUT2D eigenvalue weighted by Crippen LogP contribution is -2.69. The van der Waals surface area contributed by atoms with Crippen molar-refractivity contribution in [3.8, 4) is 0 Å². The first-order valence-electron chi connectivity index (χ1n) is 15.7. The van der Waals surface area contributed by atoms with Gasteiger partial charge in [-0.15, -0.1) is 0 Å². The molecule has 5 N–H and O–H groups in total. The molecule has 1 aliphatic heterocycles. The van der Waals surface area contributed by atoms with Crippen LogP contribution < -0.4 is 5.73 Å². The van der Waals surface area contributed by atoms with E-state index in [9.17, 15) is 24.9 Å². The fourth-order valence-corrected chi connectivity index (χ4v) is 9.80. The smallest absolute Gasteiger partial charge is 0.200 e. The Hall–Kier alpha value is -3.15. The highest BCUT2D eigenvalue weighted by atomic mass is 19.1. The topological polar surface area (TPSA) is 144 Å². The fraction of sp³-hybridized carbons (Fsp3) is 0.543. The van der Waals surface area contributed by atoms with E-state index in [4.69, 9.17) is 15.2 Å². The summed E-state index contributed by atoms with van der Waals surface area (Å²) >= 11 is 0. The van der Waals surface area contributed by atoms with Gasteiger partial charge in [0.1, 0.15) is 6.61 Å². The lowest BCUT2D eigenvalue weighted by molar-refractivity contribution is -0.232. The second-order valence-corrected chi connectivity index (χ2v) is 14.1. The number of ether oxygens (including phenoxy) is 2. The number of benzene rings is 1. The maximum atomic E-state index is 17.6. The Labute approximate surface area is 261 Å². The molecule has 7 rings (SSSR count). The summed E-state index contributed by atoms with van der Waals surface area (Å²) in [6.07, 6.45) is 3.17. The van der Waals surface area contributed by atoms with Crippen molar-refractivity contribution in [2.75, 3.05) is 12.3 Å².